The highest BCUT2D eigenvalue weighted by Gasteiger charge is 2.43. The van der Waals surface area contributed by atoms with E-state index in [-0.39, 0.29) is 66.4 Å². The quantitative estimate of drug-likeness (QED) is 0.0629. The molecule has 0 bridgehead atoms. The molecule has 4 unspecified atom stereocenters. The standard InChI is InChI=1S/C68H123F5/c1-49(2)50-16-26-62(27-17-50)67(9,10)46-58(47-72)56-24-32-60(33-25-56)64(3,4)40-36-51(14-13-15-52(38-43-69)54-22-34-63(35-23-54)68(11,12)48-73)53-18-28-59(29-19-53)65(5,6)41-37-57(39-44-70)55-20-30-61(31-21-55)66(7,8)42-45-71/h49-63H,13-48H2,1-12H3. The normalized spacial score (nSPS) is 31.3. The average Bonchev–Trinajstić information content (AvgIpc) is 3.37. The Morgan fingerprint density at radius 2 is 0.616 bits per heavy atom. The lowest BCUT2D eigenvalue weighted by molar-refractivity contribution is 0.0426. The van der Waals surface area contributed by atoms with E-state index in [4.69, 9.17) is 0 Å². The zero-order chi connectivity index (χ0) is 53.6. The second kappa shape index (κ2) is 29.2. The van der Waals surface area contributed by atoms with Gasteiger partial charge >= 0.3 is 0 Å². The van der Waals surface area contributed by atoms with Crippen LogP contribution in [0.4, 0.5) is 22.0 Å². The fraction of sp³-hybridized carbons (Fsp3) is 1.00. The average molecular weight is 1040 g/mol. The van der Waals surface area contributed by atoms with Crippen molar-refractivity contribution in [2.24, 2.45) is 116 Å². The van der Waals surface area contributed by atoms with Crippen molar-refractivity contribution in [3.63, 3.8) is 0 Å². The van der Waals surface area contributed by atoms with Crippen molar-refractivity contribution >= 4 is 0 Å². The fourth-order valence-corrected chi connectivity index (χ4v) is 18.1. The first kappa shape index (κ1) is 63.5. The lowest BCUT2D eigenvalue weighted by Crippen LogP contribution is -2.36. The van der Waals surface area contributed by atoms with Crippen LogP contribution in [0.5, 0.6) is 0 Å². The van der Waals surface area contributed by atoms with Gasteiger partial charge < -0.3 is 0 Å². The molecule has 0 nitrogen and oxygen atoms in total. The lowest BCUT2D eigenvalue weighted by atomic mass is 9.60. The maximum Gasteiger partial charge on any atom is 0.0947 e. The Kier molecular flexibility index (Phi) is 25.4. The van der Waals surface area contributed by atoms with E-state index in [2.05, 4.69) is 83.1 Å². The first-order valence-electron chi connectivity index (χ1n) is 32.3. The molecule has 5 rings (SSSR count). The van der Waals surface area contributed by atoms with Gasteiger partial charge in [0.15, 0.2) is 0 Å². The van der Waals surface area contributed by atoms with Gasteiger partial charge in [0.1, 0.15) is 0 Å². The molecule has 0 aromatic heterocycles. The van der Waals surface area contributed by atoms with Crippen LogP contribution >= 0.6 is 0 Å². The molecule has 0 amide bonds. The van der Waals surface area contributed by atoms with Crippen LogP contribution in [0.2, 0.25) is 0 Å². The van der Waals surface area contributed by atoms with Crippen molar-refractivity contribution in [1.29, 1.82) is 0 Å². The Morgan fingerprint density at radius 3 is 0.945 bits per heavy atom. The minimum atomic E-state index is -0.252. The van der Waals surface area contributed by atoms with Gasteiger partial charge in [-0.05, 0) is 296 Å². The Balaban J connectivity index is 1.18. The molecule has 5 fully saturated rings. The molecule has 5 aliphatic carbocycles. The van der Waals surface area contributed by atoms with E-state index >= 15 is 4.39 Å². The summed E-state index contributed by atoms with van der Waals surface area (Å²) in [4.78, 5) is 0. The van der Waals surface area contributed by atoms with Crippen molar-refractivity contribution in [2.45, 2.75) is 282 Å². The molecule has 0 spiro atoms. The third kappa shape index (κ3) is 18.3. The Labute approximate surface area is 451 Å². The van der Waals surface area contributed by atoms with Gasteiger partial charge in [-0.25, -0.2) is 0 Å². The van der Waals surface area contributed by atoms with Crippen LogP contribution in [0.15, 0.2) is 0 Å². The summed E-state index contributed by atoms with van der Waals surface area (Å²) >= 11 is 0. The van der Waals surface area contributed by atoms with E-state index in [0.29, 0.717) is 78.4 Å². The molecule has 5 saturated carbocycles. The zero-order valence-corrected chi connectivity index (χ0v) is 50.5. The second-order valence-electron chi connectivity index (χ2n) is 31.2. The Bertz CT molecular complexity index is 1470. The molecular weight excluding hydrogens is 912 g/mol. The predicted octanol–water partition coefficient (Wildman–Crippen LogP) is 22.4. The highest BCUT2D eigenvalue weighted by atomic mass is 19.1. The van der Waals surface area contributed by atoms with Gasteiger partial charge in [0.2, 0.25) is 0 Å². The van der Waals surface area contributed by atoms with Gasteiger partial charge in [0.05, 0.1) is 33.4 Å². The summed E-state index contributed by atoms with van der Waals surface area (Å²) in [7, 11) is 0. The summed E-state index contributed by atoms with van der Waals surface area (Å²) in [5.74, 6) is 9.14. The van der Waals surface area contributed by atoms with Crippen LogP contribution in [-0.4, -0.2) is 33.4 Å². The summed E-state index contributed by atoms with van der Waals surface area (Å²) in [5.41, 5.74) is 0.544. The smallest absolute Gasteiger partial charge is 0.0947 e. The Morgan fingerprint density at radius 1 is 0.315 bits per heavy atom. The maximum atomic E-state index is 15.1. The molecule has 0 heterocycles. The van der Waals surface area contributed by atoms with E-state index in [1.807, 2.05) is 0 Å². The van der Waals surface area contributed by atoms with Gasteiger partial charge in [-0.3, -0.25) is 22.0 Å². The van der Waals surface area contributed by atoms with Crippen LogP contribution < -0.4 is 0 Å². The third-order valence-corrected chi connectivity index (χ3v) is 24.5. The zero-order valence-electron chi connectivity index (χ0n) is 50.5. The van der Waals surface area contributed by atoms with Gasteiger partial charge in [-0.1, -0.05) is 102 Å². The van der Waals surface area contributed by atoms with Crippen LogP contribution in [0.1, 0.15) is 282 Å². The molecule has 5 aliphatic rings. The second-order valence-corrected chi connectivity index (χ2v) is 31.2. The third-order valence-electron chi connectivity index (χ3n) is 24.5. The molecule has 430 valence electrons. The number of halogens is 5. The molecule has 0 radical (unpaired) electrons. The number of rotatable bonds is 30. The number of hydrogen-bond acceptors (Lipinski definition) is 0. The van der Waals surface area contributed by atoms with Crippen LogP contribution in [-0.2, 0) is 0 Å². The molecule has 73 heavy (non-hydrogen) atoms. The number of hydrogen-bond donors (Lipinski definition) is 0. The van der Waals surface area contributed by atoms with E-state index in [1.165, 1.54) is 135 Å². The summed E-state index contributed by atoms with van der Waals surface area (Å²) < 4.78 is 70.8. The lowest BCUT2D eigenvalue weighted by Gasteiger charge is -2.45. The summed E-state index contributed by atoms with van der Waals surface area (Å²) in [6, 6.07) is 0. The van der Waals surface area contributed by atoms with Crippen molar-refractivity contribution in [3.05, 3.63) is 0 Å². The van der Waals surface area contributed by atoms with E-state index in [1.54, 1.807) is 0 Å². The SMILES string of the molecule is CC(C)C1CCC(C(C)(C)CC(CF)C2CCC(C(C)(C)CCC(CCCC(CCF)C3CCC(C(C)(C)CF)CC3)C3CCC(C(C)(C)CCC(CCF)C4CCC(C(C)(C)CCF)CC4)CC3)CC2)CC1. The first-order chi connectivity index (χ1) is 34.5. The van der Waals surface area contributed by atoms with Crippen molar-refractivity contribution < 1.29 is 22.0 Å². The fourth-order valence-electron chi connectivity index (χ4n) is 18.1. The minimum Gasteiger partial charge on any atom is -0.251 e. The monoisotopic (exact) mass is 1030 g/mol. The highest BCUT2D eigenvalue weighted by molar-refractivity contribution is 4.94. The minimum absolute atomic E-state index is 0.0589. The van der Waals surface area contributed by atoms with Gasteiger partial charge in [0, 0.05) is 0 Å². The van der Waals surface area contributed by atoms with E-state index in [9.17, 15) is 17.6 Å². The molecule has 0 aliphatic heterocycles. The molecule has 0 saturated heterocycles. The molecule has 0 aromatic carbocycles. The maximum absolute atomic E-state index is 15.1. The summed E-state index contributed by atoms with van der Waals surface area (Å²) in [6.45, 7) is 27.6. The van der Waals surface area contributed by atoms with E-state index < -0.39 is 0 Å². The molecule has 0 aromatic rings. The van der Waals surface area contributed by atoms with Crippen molar-refractivity contribution in [1.82, 2.24) is 0 Å². The van der Waals surface area contributed by atoms with Crippen LogP contribution in [0.3, 0.4) is 0 Å². The van der Waals surface area contributed by atoms with Crippen molar-refractivity contribution in [3.8, 4) is 0 Å². The largest absolute Gasteiger partial charge is 0.251 e. The molecule has 5 heteroatoms. The molecule has 0 N–H and O–H groups in total. The Hall–Kier alpha value is -0.350. The molecular formula is C68H123F5. The van der Waals surface area contributed by atoms with E-state index in [0.717, 1.165) is 68.6 Å². The highest BCUT2D eigenvalue weighted by Crippen LogP contribution is 2.53. The van der Waals surface area contributed by atoms with Gasteiger partial charge in [0.25, 0.3) is 0 Å². The topological polar surface area (TPSA) is 0 Å². The summed E-state index contributed by atoms with van der Waals surface area (Å²) in [6.07, 6.45) is 36.2. The van der Waals surface area contributed by atoms with Gasteiger partial charge in [-0.2, -0.15) is 0 Å². The number of alkyl halides is 5. The predicted molar refractivity (Wildman–Crippen MR) is 306 cm³/mol. The van der Waals surface area contributed by atoms with Gasteiger partial charge in [-0.15, -0.1) is 0 Å². The van der Waals surface area contributed by atoms with Crippen molar-refractivity contribution in [2.75, 3.05) is 33.4 Å². The van der Waals surface area contributed by atoms with Crippen LogP contribution in [0.25, 0.3) is 0 Å². The first-order valence-corrected chi connectivity index (χ1v) is 32.3. The molecule has 4 atom stereocenters. The van der Waals surface area contributed by atoms with Crippen LogP contribution in [0, 0.1) is 116 Å². The summed E-state index contributed by atoms with van der Waals surface area (Å²) in [5, 5.41) is 0.